The first-order valence-electron chi connectivity index (χ1n) is 8.93. The fourth-order valence-electron chi connectivity index (χ4n) is 3.15. The highest BCUT2D eigenvalue weighted by atomic mass is 32.2. The first-order chi connectivity index (χ1) is 15.3. The number of rotatable bonds is 6. The molecule has 12 nitrogen and oxygen atoms in total. The number of carboxylic acid groups (broad SMARTS) is 1. The highest BCUT2D eigenvalue weighted by Crippen LogP contribution is 2.41. The van der Waals surface area contributed by atoms with Crippen molar-refractivity contribution >= 4 is 69.3 Å². The molecule has 1 saturated heterocycles. The van der Waals surface area contributed by atoms with Crippen LogP contribution in [0.2, 0.25) is 0 Å². The van der Waals surface area contributed by atoms with E-state index in [1.54, 1.807) is 17.7 Å². The molecule has 2 atom stereocenters. The van der Waals surface area contributed by atoms with E-state index in [1.165, 1.54) is 23.1 Å². The van der Waals surface area contributed by atoms with Crippen molar-refractivity contribution in [2.45, 2.75) is 18.3 Å². The molecule has 0 spiro atoms. The molecule has 0 radical (unpaired) electrons. The van der Waals surface area contributed by atoms with Crippen LogP contribution in [0.5, 0.6) is 0 Å². The number of nitrogens with one attached hydrogen (secondary N) is 1. The first kappa shape index (κ1) is 21.9. The van der Waals surface area contributed by atoms with Crippen molar-refractivity contribution < 1.29 is 24.7 Å². The number of hydrogen-bond acceptors (Lipinski definition) is 12. The summed E-state index contributed by atoms with van der Waals surface area (Å²) in [6.07, 6.45) is 3.44. The van der Waals surface area contributed by atoms with Gasteiger partial charge in [0.15, 0.2) is 5.13 Å². The normalized spacial score (nSPS) is 21.0. The molecule has 2 aliphatic heterocycles. The van der Waals surface area contributed by atoms with Gasteiger partial charge in [-0.1, -0.05) is 11.2 Å². The van der Waals surface area contributed by atoms with E-state index < -0.39 is 34.9 Å². The molecule has 0 aliphatic carbocycles. The average molecular weight is 494 g/mol. The summed E-state index contributed by atoms with van der Waals surface area (Å²) in [5.74, 6) is -2.56. The Morgan fingerprint density at radius 1 is 1.41 bits per heavy atom. The summed E-state index contributed by atoms with van der Waals surface area (Å²) in [5, 5.41) is 23.7. The molecule has 0 bridgehead atoms. The third kappa shape index (κ3) is 3.85. The van der Waals surface area contributed by atoms with Crippen molar-refractivity contribution in [2.24, 2.45) is 5.16 Å². The van der Waals surface area contributed by atoms with Crippen molar-refractivity contribution in [2.75, 3.05) is 11.5 Å². The van der Waals surface area contributed by atoms with Gasteiger partial charge in [0.1, 0.15) is 17.1 Å². The number of carbonyl (C=O) groups is 3. The number of thioether (sulfide) groups is 1. The molecule has 0 aromatic carbocycles. The number of nitrogens with two attached hydrogens (primary N) is 1. The number of thiazole rings is 1. The van der Waals surface area contributed by atoms with E-state index in [4.69, 9.17) is 5.73 Å². The lowest BCUT2D eigenvalue weighted by Gasteiger charge is -2.49. The van der Waals surface area contributed by atoms with Gasteiger partial charge in [-0.15, -0.1) is 23.1 Å². The first-order valence-corrected chi connectivity index (χ1v) is 11.6. The Morgan fingerprint density at radius 2 is 2.19 bits per heavy atom. The predicted octanol–water partition coefficient (Wildman–Crippen LogP) is 0.516. The summed E-state index contributed by atoms with van der Waals surface area (Å²) in [6.45, 7) is 1.85. The Bertz CT molecular complexity index is 1200. The molecule has 2 aliphatic rings. The van der Waals surface area contributed by atoms with E-state index in [0.29, 0.717) is 11.3 Å². The van der Waals surface area contributed by atoms with Gasteiger partial charge in [-0.05, 0) is 18.6 Å². The summed E-state index contributed by atoms with van der Waals surface area (Å²) < 4.78 is 3.81. The number of carboxylic acids is 1. The fourth-order valence-corrected chi connectivity index (χ4v) is 5.60. The molecule has 1 unspecified atom stereocenters. The van der Waals surface area contributed by atoms with Crippen LogP contribution in [0.1, 0.15) is 16.4 Å². The molecule has 2 amide bonds. The number of nitrogens with zero attached hydrogens (tertiary/aromatic N) is 5. The smallest absolute Gasteiger partial charge is 0.352 e. The number of anilines is 1. The molecule has 15 heteroatoms. The second kappa shape index (κ2) is 8.68. The molecule has 4 rings (SSSR count). The van der Waals surface area contributed by atoms with Crippen LogP contribution in [0.25, 0.3) is 6.08 Å². The van der Waals surface area contributed by atoms with Crippen LogP contribution in [0.4, 0.5) is 5.13 Å². The van der Waals surface area contributed by atoms with Gasteiger partial charge in [-0.2, -0.15) is 9.36 Å². The number of aliphatic carboxylic acids is 1. The van der Waals surface area contributed by atoms with Crippen LogP contribution in [0, 0.1) is 6.92 Å². The van der Waals surface area contributed by atoms with E-state index in [9.17, 15) is 24.7 Å². The third-order valence-corrected chi connectivity index (χ3v) is 7.42. The number of amides is 2. The summed E-state index contributed by atoms with van der Waals surface area (Å²) >= 11 is 3.55. The molecular weight excluding hydrogens is 478 g/mol. The predicted molar refractivity (Wildman–Crippen MR) is 118 cm³/mol. The van der Waals surface area contributed by atoms with Gasteiger partial charge in [-0.25, -0.2) is 9.78 Å². The van der Waals surface area contributed by atoms with E-state index in [-0.39, 0.29) is 16.7 Å². The van der Waals surface area contributed by atoms with Crippen LogP contribution < -0.4 is 11.1 Å². The third-order valence-electron chi connectivity index (χ3n) is 4.67. The number of aryl methyl sites for hydroxylation is 1. The molecule has 32 heavy (non-hydrogen) atoms. The molecule has 2 aromatic rings. The summed E-state index contributed by atoms with van der Waals surface area (Å²) in [6, 6.07) is -0.996. The van der Waals surface area contributed by atoms with Crippen molar-refractivity contribution in [1.82, 2.24) is 24.6 Å². The number of nitrogen functional groups attached to an aromatic ring is 1. The van der Waals surface area contributed by atoms with Crippen LogP contribution in [0.3, 0.4) is 0 Å². The van der Waals surface area contributed by atoms with Crippen LogP contribution in [0.15, 0.2) is 28.0 Å². The Kier molecular flexibility index (Phi) is 5.94. The number of oxime groups is 1. The monoisotopic (exact) mass is 493 g/mol. The Hall–Kier alpha value is -3.30. The number of fused-ring (bicyclic) bond motifs is 1. The second-order valence-electron chi connectivity index (χ2n) is 6.58. The second-order valence-corrected chi connectivity index (χ2v) is 9.35. The number of allylic oxidation sites excluding steroid dienone is 1. The number of β-lactam (4-membered cyclic amide) rings is 1. The van der Waals surface area contributed by atoms with Gasteiger partial charge < -0.3 is 21.4 Å². The van der Waals surface area contributed by atoms with Gasteiger partial charge in [0.25, 0.3) is 11.8 Å². The Morgan fingerprint density at radius 3 is 2.78 bits per heavy atom. The zero-order valence-corrected chi connectivity index (χ0v) is 18.7. The highest BCUT2D eigenvalue weighted by Gasteiger charge is 2.54. The maximum Gasteiger partial charge on any atom is 0.352 e. The summed E-state index contributed by atoms with van der Waals surface area (Å²) in [7, 11) is 0. The maximum atomic E-state index is 12.7. The minimum absolute atomic E-state index is 0.0769. The lowest BCUT2D eigenvalue weighted by molar-refractivity contribution is -0.150. The van der Waals surface area contributed by atoms with E-state index >= 15 is 0 Å². The number of aromatic nitrogens is 3. The van der Waals surface area contributed by atoms with Gasteiger partial charge in [0.2, 0.25) is 11.5 Å². The molecule has 166 valence electrons. The summed E-state index contributed by atoms with van der Waals surface area (Å²) in [5.41, 5.74) is 7.85. The Labute approximate surface area is 192 Å². The zero-order valence-electron chi connectivity index (χ0n) is 16.3. The van der Waals surface area contributed by atoms with Crippen molar-refractivity contribution in [3.8, 4) is 0 Å². The lowest BCUT2D eigenvalue weighted by atomic mass is 10.0. The van der Waals surface area contributed by atoms with Gasteiger partial charge in [0.05, 0.1) is 11.2 Å². The fraction of sp³-hybridized carbons (Fsp3) is 0.235. The van der Waals surface area contributed by atoms with Crippen molar-refractivity contribution in [3.63, 3.8) is 0 Å². The topological polar surface area (TPSA) is 184 Å². The molecule has 5 N–H and O–H groups in total. The number of hydrogen-bond donors (Lipinski definition) is 4. The average Bonchev–Trinajstić information content (AvgIpc) is 3.37. The SMILES string of the molecule is Cc1ncsc1/C=C/C1=C(C(=O)O)N2C(=O)C(NC(=O)/C(=N/O)c3nsc(N)n3)[C@H]2SC1. The van der Waals surface area contributed by atoms with Crippen LogP contribution in [-0.4, -0.2) is 70.2 Å². The van der Waals surface area contributed by atoms with Crippen LogP contribution in [-0.2, 0) is 14.4 Å². The van der Waals surface area contributed by atoms with Crippen molar-refractivity contribution in [3.05, 3.63) is 39.3 Å². The molecular formula is C17H15N7O5S3. The van der Waals surface area contributed by atoms with E-state index in [2.05, 4.69) is 24.8 Å². The number of carbonyl (C=O) groups excluding carboxylic acids is 2. The van der Waals surface area contributed by atoms with Crippen LogP contribution >= 0.6 is 34.6 Å². The van der Waals surface area contributed by atoms with Gasteiger partial charge >= 0.3 is 5.97 Å². The van der Waals surface area contributed by atoms with Gasteiger partial charge in [0, 0.05) is 22.2 Å². The Balaban J connectivity index is 1.53. The van der Waals surface area contributed by atoms with Gasteiger partial charge in [-0.3, -0.25) is 14.5 Å². The summed E-state index contributed by atoms with van der Waals surface area (Å²) in [4.78, 5) is 47.2. The maximum absolute atomic E-state index is 12.7. The van der Waals surface area contributed by atoms with E-state index in [1.807, 2.05) is 6.92 Å². The largest absolute Gasteiger partial charge is 0.477 e. The van der Waals surface area contributed by atoms with E-state index in [0.717, 1.165) is 27.0 Å². The standard InChI is InChI=1S/C17H15N7O5S3/c1-6-8(31-5-19-6)3-2-7-4-30-15-10(14(26)24(15)11(7)16(27)28)20-13(25)9(22-29)12-21-17(18)32-23-12/h2-3,5,10,15,29H,4H2,1H3,(H,20,25)(H,27,28)(H2,18,21,23)/b3-2+,22-9+/t10?,15-/m1/s1. The molecule has 4 heterocycles. The minimum atomic E-state index is -1.24. The molecule has 0 saturated carbocycles. The van der Waals surface area contributed by atoms with Crippen molar-refractivity contribution in [1.29, 1.82) is 0 Å². The highest BCUT2D eigenvalue weighted by molar-refractivity contribution is 8.00. The zero-order chi connectivity index (χ0) is 23.0. The molecule has 1 fully saturated rings. The lowest BCUT2D eigenvalue weighted by Crippen LogP contribution is -2.71. The molecule has 2 aromatic heterocycles. The minimum Gasteiger partial charge on any atom is -0.477 e. The quantitative estimate of drug-likeness (QED) is 0.191.